The number of nitrogens with one attached hydrogen (secondary N) is 1. The molecular weight excluding hydrogens is 456 g/mol. The third kappa shape index (κ3) is 4.94. The van der Waals surface area contributed by atoms with Crippen molar-refractivity contribution in [3.05, 3.63) is 78.4 Å². The largest absolute Gasteiger partial charge is 0.497 e. The predicted octanol–water partition coefficient (Wildman–Crippen LogP) is 3.16. The SMILES string of the molecule is COc1ccc(S(=O)(=O)N2CC(C(=O)NCCOc3ccccc3C)Oc3ccccc32)cc1. The van der Waals surface area contributed by atoms with Gasteiger partial charge in [-0.1, -0.05) is 30.3 Å². The number of carbonyl (C=O) groups is 1. The molecule has 1 amide bonds. The first-order valence-corrected chi connectivity index (χ1v) is 12.2. The zero-order valence-electron chi connectivity index (χ0n) is 18.9. The van der Waals surface area contributed by atoms with E-state index < -0.39 is 22.0 Å². The van der Waals surface area contributed by atoms with Crippen molar-refractivity contribution in [3.8, 4) is 17.2 Å². The number of amides is 1. The molecule has 178 valence electrons. The Kier molecular flexibility index (Phi) is 6.93. The van der Waals surface area contributed by atoms with Gasteiger partial charge in [-0.3, -0.25) is 9.10 Å². The molecule has 3 aromatic rings. The summed E-state index contributed by atoms with van der Waals surface area (Å²) in [6.45, 7) is 2.31. The highest BCUT2D eigenvalue weighted by atomic mass is 32.2. The van der Waals surface area contributed by atoms with Crippen molar-refractivity contribution < 1.29 is 27.4 Å². The molecule has 0 aromatic heterocycles. The standard InChI is InChI=1S/C25H26N2O6S/c1-18-7-3-5-9-22(18)32-16-15-26-25(28)24-17-27(21-8-4-6-10-23(21)33-24)34(29,30)20-13-11-19(31-2)12-14-20/h3-14,24H,15-17H2,1-2H3,(H,26,28). The number of methoxy groups -OCH3 is 1. The summed E-state index contributed by atoms with van der Waals surface area (Å²) in [6, 6.07) is 20.5. The second-order valence-corrected chi connectivity index (χ2v) is 9.55. The maximum atomic E-state index is 13.4. The Hall–Kier alpha value is -3.72. The molecule has 1 atom stereocenters. The van der Waals surface area contributed by atoms with Crippen LogP contribution in [0.15, 0.2) is 77.7 Å². The molecule has 0 spiro atoms. The quantitative estimate of drug-likeness (QED) is 0.496. The highest BCUT2D eigenvalue weighted by Crippen LogP contribution is 2.37. The number of benzene rings is 3. The monoisotopic (exact) mass is 482 g/mol. The minimum absolute atomic E-state index is 0.0933. The second kappa shape index (κ2) is 10.0. The molecule has 8 nitrogen and oxygen atoms in total. The molecule has 1 unspecified atom stereocenters. The number of sulfonamides is 1. The summed E-state index contributed by atoms with van der Waals surface area (Å²) in [7, 11) is -2.43. The number of para-hydroxylation sites is 3. The maximum Gasteiger partial charge on any atom is 0.264 e. The number of hydrogen-bond acceptors (Lipinski definition) is 6. The third-order valence-electron chi connectivity index (χ3n) is 5.43. The summed E-state index contributed by atoms with van der Waals surface area (Å²) >= 11 is 0. The first kappa shape index (κ1) is 23.4. The molecule has 3 aromatic carbocycles. The van der Waals surface area contributed by atoms with Crippen LogP contribution in [0.25, 0.3) is 0 Å². The van der Waals surface area contributed by atoms with Crippen molar-refractivity contribution in [3.63, 3.8) is 0 Å². The van der Waals surface area contributed by atoms with Gasteiger partial charge in [0.2, 0.25) is 0 Å². The molecule has 1 N–H and O–H groups in total. The van der Waals surface area contributed by atoms with Crippen LogP contribution in [-0.4, -0.2) is 47.2 Å². The fourth-order valence-electron chi connectivity index (χ4n) is 3.61. The lowest BCUT2D eigenvalue weighted by Gasteiger charge is -2.34. The number of fused-ring (bicyclic) bond motifs is 1. The number of anilines is 1. The molecule has 1 aliphatic rings. The van der Waals surface area contributed by atoms with Crippen molar-refractivity contribution in [2.75, 3.05) is 31.1 Å². The predicted molar refractivity (Wildman–Crippen MR) is 128 cm³/mol. The van der Waals surface area contributed by atoms with Crippen LogP contribution >= 0.6 is 0 Å². The average molecular weight is 483 g/mol. The van der Waals surface area contributed by atoms with Crippen LogP contribution in [0.2, 0.25) is 0 Å². The van der Waals surface area contributed by atoms with Crippen LogP contribution in [0.1, 0.15) is 5.56 Å². The Morgan fingerprint density at radius 2 is 1.76 bits per heavy atom. The Labute approximate surface area is 199 Å². The maximum absolute atomic E-state index is 13.4. The van der Waals surface area contributed by atoms with Gasteiger partial charge in [0.25, 0.3) is 15.9 Å². The second-order valence-electron chi connectivity index (χ2n) is 7.69. The van der Waals surface area contributed by atoms with E-state index in [9.17, 15) is 13.2 Å². The van der Waals surface area contributed by atoms with E-state index in [4.69, 9.17) is 14.2 Å². The van der Waals surface area contributed by atoms with Crippen molar-refractivity contribution in [1.82, 2.24) is 5.32 Å². The number of ether oxygens (including phenoxy) is 3. The van der Waals surface area contributed by atoms with E-state index in [1.54, 1.807) is 36.4 Å². The van der Waals surface area contributed by atoms with Crippen LogP contribution in [0.3, 0.4) is 0 Å². The molecule has 0 radical (unpaired) electrons. The zero-order chi connectivity index (χ0) is 24.1. The normalized spacial score (nSPS) is 15.1. The lowest BCUT2D eigenvalue weighted by molar-refractivity contribution is -0.127. The van der Waals surface area contributed by atoms with Crippen molar-refractivity contribution in [2.45, 2.75) is 17.9 Å². The van der Waals surface area contributed by atoms with Crippen LogP contribution in [-0.2, 0) is 14.8 Å². The minimum Gasteiger partial charge on any atom is -0.497 e. The van der Waals surface area contributed by atoms with E-state index in [1.165, 1.54) is 23.5 Å². The van der Waals surface area contributed by atoms with Gasteiger partial charge in [-0.05, 0) is 55.0 Å². The van der Waals surface area contributed by atoms with Gasteiger partial charge in [-0.2, -0.15) is 0 Å². The summed E-state index contributed by atoms with van der Waals surface area (Å²) in [4.78, 5) is 12.9. The molecule has 0 saturated carbocycles. The van der Waals surface area contributed by atoms with Gasteiger partial charge in [-0.25, -0.2) is 8.42 Å². The average Bonchev–Trinajstić information content (AvgIpc) is 2.86. The molecule has 1 heterocycles. The molecule has 0 bridgehead atoms. The molecule has 4 rings (SSSR count). The summed E-state index contributed by atoms with van der Waals surface area (Å²) < 4.78 is 44.8. The molecule has 1 aliphatic heterocycles. The Morgan fingerprint density at radius 1 is 1.06 bits per heavy atom. The van der Waals surface area contributed by atoms with Gasteiger partial charge in [0.15, 0.2) is 6.10 Å². The molecule has 9 heteroatoms. The first-order chi connectivity index (χ1) is 16.4. The summed E-state index contributed by atoms with van der Waals surface area (Å²) in [5, 5.41) is 2.77. The van der Waals surface area contributed by atoms with Gasteiger partial charge in [-0.15, -0.1) is 0 Å². The van der Waals surface area contributed by atoms with E-state index >= 15 is 0 Å². The highest BCUT2D eigenvalue weighted by Gasteiger charge is 2.37. The summed E-state index contributed by atoms with van der Waals surface area (Å²) in [6.07, 6.45) is -1.01. The number of nitrogens with zero attached hydrogens (tertiary/aromatic N) is 1. The van der Waals surface area contributed by atoms with Crippen LogP contribution < -0.4 is 23.8 Å². The van der Waals surface area contributed by atoms with E-state index in [1.807, 2.05) is 31.2 Å². The zero-order valence-corrected chi connectivity index (χ0v) is 19.7. The van der Waals surface area contributed by atoms with Crippen LogP contribution in [0.5, 0.6) is 17.2 Å². The van der Waals surface area contributed by atoms with Gasteiger partial charge in [0, 0.05) is 0 Å². The molecule has 0 saturated heterocycles. The third-order valence-corrected chi connectivity index (χ3v) is 7.22. The Bertz CT molecular complexity index is 1260. The molecular formula is C25H26N2O6S. The van der Waals surface area contributed by atoms with Gasteiger partial charge in [0.05, 0.1) is 30.8 Å². The van der Waals surface area contributed by atoms with E-state index in [2.05, 4.69) is 5.32 Å². The lowest BCUT2D eigenvalue weighted by Crippen LogP contribution is -2.51. The highest BCUT2D eigenvalue weighted by molar-refractivity contribution is 7.92. The van der Waals surface area contributed by atoms with Gasteiger partial charge < -0.3 is 19.5 Å². The fourth-order valence-corrected chi connectivity index (χ4v) is 5.08. The molecule has 0 aliphatic carbocycles. The Morgan fingerprint density at radius 3 is 2.50 bits per heavy atom. The molecule has 34 heavy (non-hydrogen) atoms. The number of hydrogen-bond donors (Lipinski definition) is 1. The number of rotatable bonds is 8. The Balaban J connectivity index is 1.47. The first-order valence-electron chi connectivity index (χ1n) is 10.8. The molecule has 0 fully saturated rings. The number of carbonyl (C=O) groups excluding carboxylic acids is 1. The summed E-state index contributed by atoms with van der Waals surface area (Å²) in [5.74, 6) is 1.20. The smallest absolute Gasteiger partial charge is 0.264 e. The topological polar surface area (TPSA) is 94.2 Å². The van der Waals surface area contributed by atoms with Crippen LogP contribution in [0.4, 0.5) is 5.69 Å². The number of aryl methyl sites for hydroxylation is 1. The van der Waals surface area contributed by atoms with Gasteiger partial charge >= 0.3 is 0 Å². The fraction of sp³-hybridized carbons (Fsp3) is 0.240. The van der Waals surface area contributed by atoms with E-state index in [-0.39, 0.29) is 24.6 Å². The van der Waals surface area contributed by atoms with Crippen molar-refractivity contribution >= 4 is 21.6 Å². The lowest BCUT2D eigenvalue weighted by atomic mass is 10.2. The summed E-state index contributed by atoms with van der Waals surface area (Å²) in [5.41, 5.74) is 1.38. The van der Waals surface area contributed by atoms with Crippen molar-refractivity contribution in [2.24, 2.45) is 0 Å². The minimum atomic E-state index is -3.94. The van der Waals surface area contributed by atoms with Gasteiger partial charge in [0.1, 0.15) is 23.9 Å². The van der Waals surface area contributed by atoms with Crippen LogP contribution in [0, 0.1) is 6.92 Å². The van der Waals surface area contributed by atoms with E-state index in [0.29, 0.717) is 17.2 Å². The van der Waals surface area contributed by atoms with E-state index in [0.717, 1.165) is 11.3 Å². The van der Waals surface area contributed by atoms with Crippen molar-refractivity contribution in [1.29, 1.82) is 0 Å².